The summed E-state index contributed by atoms with van der Waals surface area (Å²) < 4.78 is 14.9. The van der Waals surface area contributed by atoms with Crippen molar-refractivity contribution in [2.75, 3.05) is 26.2 Å². The van der Waals surface area contributed by atoms with Crippen LogP contribution >= 0.6 is 0 Å². The van der Waals surface area contributed by atoms with Crippen LogP contribution in [0.25, 0.3) is 0 Å². The maximum Gasteiger partial charge on any atom is 0.253 e. The van der Waals surface area contributed by atoms with Crippen molar-refractivity contribution in [1.82, 2.24) is 14.4 Å². The number of hydrogen-bond donors (Lipinski definition) is 0. The van der Waals surface area contributed by atoms with Gasteiger partial charge in [-0.05, 0) is 42.3 Å². The zero-order valence-electron chi connectivity index (χ0n) is 14.3. The Balaban J connectivity index is 1.59. The number of benzene rings is 1. The first kappa shape index (κ1) is 17.2. The smallest absolute Gasteiger partial charge is 0.253 e. The predicted molar refractivity (Wildman–Crippen MR) is 92.6 cm³/mol. The van der Waals surface area contributed by atoms with E-state index in [1.165, 1.54) is 24.3 Å². The molecule has 1 fully saturated rings. The molecule has 3 rings (SSSR count). The molecule has 2 aromatic rings. The van der Waals surface area contributed by atoms with Crippen molar-refractivity contribution in [3.8, 4) is 0 Å². The first-order valence-electron chi connectivity index (χ1n) is 8.46. The third-order valence-electron chi connectivity index (χ3n) is 4.48. The predicted octanol–water partition coefficient (Wildman–Crippen LogP) is 2.08. The Labute approximate surface area is 146 Å². The molecule has 1 saturated heterocycles. The Morgan fingerprint density at radius 1 is 1.00 bits per heavy atom. The fraction of sp³-hybridized carbons (Fsp3) is 0.368. The fourth-order valence-corrected chi connectivity index (χ4v) is 3.10. The molecule has 0 N–H and O–H groups in total. The molecule has 0 spiro atoms. The van der Waals surface area contributed by atoms with Crippen LogP contribution in [0.2, 0.25) is 0 Å². The van der Waals surface area contributed by atoms with Gasteiger partial charge in [0.1, 0.15) is 5.82 Å². The van der Waals surface area contributed by atoms with E-state index in [1.807, 2.05) is 35.0 Å². The van der Waals surface area contributed by atoms with Gasteiger partial charge >= 0.3 is 0 Å². The number of aryl methyl sites for hydroxylation is 1. The molecule has 0 unspecified atom stereocenters. The number of hydrogen-bond acceptors (Lipinski definition) is 2. The van der Waals surface area contributed by atoms with Crippen molar-refractivity contribution < 1.29 is 14.0 Å². The Bertz CT molecular complexity index is 754. The highest BCUT2D eigenvalue weighted by Crippen LogP contribution is 2.12. The van der Waals surface area contributed by atoms with Crippen LogP contribution in [0.3, 0.4) is 0 Å². The number of aromatic nitrogens is 1. The highest BCUT2D eigenvalue weighted by Gasteiger charge is 2.23. The average Bonchev–Trinajstić information content (AvgIpc) is 2.86. The molecule has 0 bridgehead atoms. The van der Waals surface area contributed by atoms with Gasteiger partial charge in [-0.15, -0.1) is 0 Å². The molecule has 6 heteroatoms. The van der Waals surface area contributed by atoms with Gasteiger partial charge in [0.05, 0.1) is 6.42 Å². The van der Waals surface area contributed by atoms with E-state index in [9.17, 15) is 14.0 Å². The third kappa shape index (κ3) is 4.26. The standard InChI is InChI=1S/C19H22FN3O2/c1-21-10-7-15(14-21)13-18(24)22-8-2-9-23(12-11-22)19(25)16-3-5-17(20)6-4-16/h3-7,10,14H,2,8-9,11-13H2,1H3. The van der Waals surface area contributed by atoms with Gasteiger partial charge in [-0.25, -0.2) is 4.39 Å². The normalized spacial score (nSPS) is 15.1. The molecule has 1 aliphatic heterocycles. The molecule has 0 saturated carbocycles. The first-order valence-corrected chi connectivity index (χ1v) is 8.46. The van der Waals surface area contributed by atoms with Crippen LogP contribution in [0.5, 0.6) is 0 Å². The topological polar surface area (TPSA) is 45.6 Å². The van der Waals surface area contributed by atoms with Gasteiger partial charge in [-0.3, -0.25) is 9.59 Å². The zero-order chi connectivity index (χ0) is 17.8. The Morgan fingerprint density at radius 3 is 2.36 bits per heavy atom. The largest absolute Gasteiger partial charge is 0.357 e. The van der Waals surface area contributed by atoms with E-state index in [1.54, 1.807) is 4.90 Å². The fourth-order valence-electron chi connectivity index (χ4n) is 3.10. The molecule has 1 aromatic carbocycles. The molecule has 1 aromatic heterocycles. The minimum atomic E-state index is -0.356. The van der Waals surface area contributed by atoms with E-state index in [4.69, 9.17) is 0 Å². The maximum atomic E-state index is 13.0. The van der Waals surface area contributed by atoms with Crippen LogP contribution in [0.1, 0.15) is 22.3 Å². The Morgan fingerprint density at radius 2 is 1.68 bits per heavy atom. The average molecular weight is 343 g/mol. The number of nitrogens with zero attached hydrogens (tertiary/aromatic N) is 3. The van der Waals surface area contributed by atoms with Crippen molar-refractivity contribution in [1.29, 1.82) is 0 Å². The Hall–Kier alpha value is -2.63. The SMILES string of the molecule is Cn1ccc(CC(=O)N2CCCN(C(=O)c3ccc(F)cc3)CC2)c1. The molecule has 1 aliphatic rings. The number of amides is 2. The van der Waals surface area contributed by atoms with Gasteiger partial charge in [-0.1, -0.05) is 0 Å². The van der Waals surface area contributed by atoms with Crippen molar-refractivity contribution in [3.63, 3.8) is 0 Å². The lowest BCUT2D eigenvalue weighted by molar-refractivity contribution is -0.130. The zero-order valence-corrected chi connectivity index (χ0v) is 14.3. The molecular formula is C19H22FN3O2. The number of halogens is 1. The summed E-state index contributed by atoms with van der Waals surface area (Å²) in [6.07, 6.45) is 4.99. The third-order valence-corrected chi connectivity index (χ3v) is 4.48. The van der Waals surface area contributed by atoms with E-state index in [2.05, 4.69) is 0 Å². The minimum absolute atomic E-state index is 0.0854. The lowest BCUT2D eigenvalue weighted by Crippen LogP contribution is -2.37. The molecular weight excluding hydrogens is 321 g/mol. The van der Waals surface area contributed by atoms with Gasteiger partial charge in [0.25, 0.3) is 5.91 Å². The van der Waals surface area contributed by atoms with Crippen molar-refractivity contribution in [2.45, 2.75) is 12.8 Å². The highest BCUT2D eigenvalue weighted by atomic mass is 19.1. The number of carbonyl (C=O) groups is 2. The first-order chi connectivity index (χ1) is 12.0. The van der Waals surface area contributed by atoms with Crippen molar-refractivity contribution >= 4 is 11.8 Å². The summed E-state index contributed by atoms with van der Waals surface area (Å²) in [4.78, 5) is 28.6. The minimum Gasteiger partial charge on any atom is -0.357 e. The number of rotatable bonds is 3. The molecule has 0 aliphatic carbocycles. The van der Waals surface area contributed by atoms with E-state index in [-0.39, 0.29) is 17.6 Å². The number of carbonyl (C=O) groups excluding carboxylic acids is 2. The summed E-state index contributed by atoms with van der Waals surface area (Å²) in [5.41, 5.74) is 1.47. The molecule has 0 radical (unpaired) electrons. The second kappa shape index (κ2) is 7.51. The summed E-state index contributed by atoms with van der Waals surface area (Å²) in [7, 11) is 1.93. The van der Waals surface area contributed by atoms with Crippen LogP contribution in [0.15, 0.2) is 42.7 Å². The lowest BCUT2D eigenvalue weighted by atomic mass is 10.2. The summed E-state index contributed by atoms with van der Waals surface area (Å²) in [6, 6.07) is 7.53. The van der Waals surface area contributed by atoms with Gasteiger partial charge in [0, 0.05) is 51.2 Å². The van der Waals surface area contributed by atoms with Crippen LogP contribution in [-0.4, -0.2) is 52.4 Å². The monoisotopic (exact) mass is 343 g/mol. The van der Waals surface area contributed by atoms with Gasteiger partial charge < -0.3 is 14.4 Å². The van der Waals surface area contributed by atoms with Crippen molar-refractivity contribution in [2.24, 2.45) is 7.05 Å². The van der Waals surface area contributed by atoms with Crippen LogP contribution in [0, 0.1) is 5.82 Å². The summed E-state index contributed by atoms with van der Waals surface area (Å²) in [5.74, 6) is -0.385. The van der Waals surface area contributed by atoms with Gasteiger partial charge in [-0.2, -0.15) is 0 Å². The van der Waals surface area contributed by atoms with Gasteiger partial charge in [0.2, 0.25) is 5.91 Å². The van der Waals surface area contributed by atoms with Gasteiger partial charge in [0.15, 0.2) is 0 Å². The molecule has 0 atom stereocenters. The second-order valence-electron chi connectivity index (χ2n) is 6.40. The van der Waals surface area contributed by atoms with Crippen LogP contribution in [-0.2, 0) is 18.3 Å². The highest BCUT2D eigenvalue weighted by molar-refractivity contribution is 5.94. The lowest BCUT2D eigenvalue weighted by Gasteiger charge is -2.22. The summed E-state index contributed by atoms with van der Waals surface area (Å²) in [6.45, 7) is 2.28. The molecule has 5 nitrogen and oxygen atoms in total. The van der Waals surface area contributed by atoms with Crippen LogP contribution in [0.4, 0.5) is 4.39 Å². The Kier molecular flexibility index (Phi) is 5.16. The van der Waals surface area contributed by atoms with E-state index in [0.29, 0.717) is 38.2 Å². The summed E-state index contributed by atoms with van der Waals surface area (Å²) >= 11 is 0. The molecule has 2 amide bonds. The quantitative estimate of drug-likeness (QED) is 0.857. The van der Waals surface area contributed by atoms with Crippen LogP contribution < -0.4 is 0 Å². The van der Waals surface area contributed by atoms with E-state index >= 15 is 0 Å². The molecule has 132 valence electrons. The van der Waals surface area contributed by atoms with E-state index in [0.717, 1.165) is 12.0 Å². The maximum absolute atomic E-state index is 13.0. The summed E-state index contributed by atoms with van der Waals surface area (Å²) in [5, 5.41) is 0. The second-order valence-corrected chi connectivity index (χ2v) is 6.40. The van der Waals surface area contributed by atoms with E-state index < -0.39 is 0 Å². The molecule has 25 heavy (non-hydrogen) atoms. The van der Waals surface area contributed by atoms with Crippen molar-refractivity contribution in [3.05, 3.63) is 59.7 Å². The molecule has 2 heterocycles.